The summed E-state index contributed by atoms with van der Waals surface area (Å²) in [6.45, 7) is 2.23. The number of ether oxygens (including phenoxy) is 1. The lowest BCUT2D eigenvalue weighted by Gasteiger charge is -2.33. The lowest BCUT2D eigenvalue weighted by molar-refractivity contribution is -0.275. The van der Waals surface area contributed by atoms with Crippen molar-refractivity contribution in [3.8, 4) is 5.75 Å². The van der Waals surface area contributed by atoms with Crippen LogP contribution in [0, 0.1) is 11.8 Å². The van der Waals surface area contributed by atoms with Gasteiger partial charge in [0.15, 0.2) is 0 Å². The standard InChI is InChI=1S/C14H17F3N2O3S.ClH/c15-14(16,17)22-12-3-1-2-4-13(12)23(20,21)19-6-5-10-7-18-8-11(10)9-19;/h1-4,10-11,18H,5-9H2;1H. The molecule has 5 nitrogen and oxygen atoms in total. The second-order valence-corrected chi connectivity index (χ2v) is 7.73. The van der Waals surface area contributed by atoms with Crippen molar-refractivity contribution in [3.63, 3.8) is 0 Å². The molecule has 0 aromatic heterocycles. The Morgan fingerprint density at radius 2 is 1.83 bits per heavy atom. The monoisotopic (exact) mass is 386 g/mol. The number of benzene rings is 1. The summed E-state index contributed by atoms with van der Waals surface area (Å²) in [5, 5.41) is 3.22. The molecular formula is C14H18ClF3N2O3S. The normalized spacial score (nSPS) is 25.0. The fourth-order valence-electron chi connectivity index (χ4n) is 3.23. The third kappa shape index (κ3) is 3.96. The number of hydrogen-bond donors (Lipinski definition) is 1. The van der Waals surface area contributed by atoms with Gasteiger partial charge < -0.3 is 10.1 Å². The van der Waals surface area contributed by atoms with Gasteiger partial charge in [0.25, 0.3) is 0 Å². The van der Waals surface area contributed by atoms with Gasteiger partial charge in [-0.05, 0) is 43.5 Å². The van der Waals surface area contributed by atoms with Crippen LogP contribution in [0.3, 0.4) is 0 Å². The van der Waals surface area contributed by atoms with Gasteiger partial charge in [0.2, 0.25) is 10.0 Å². The van der Waals surface area contributed by atoms with E-state index in [0.717, 1.165) is 25.2 Å². The Labute approximate surface area is 144 Å². The molecule has 24 heavy (non-hydrogen) atoms. The Bertz CT molecular complexity index is 684. The highest BCUT2D eigenvalue weighted by atomic mass is 35.5. The quantitative estimate of drug-likeness (QED) is 0.865. The van der Waals surface area contributed by atoms with Crippen molar-refractivity contribution in [2.45, 2.75) is 17.7 Å². The predicted octanol–water partition coefficient (Wildman–Crippen LogP) is 2.24. The van der Waals surface area contributed by atoms with Gasteiger partial charge in [0.1, 0.15) is 10.6 Å². The Balaban J connectivity index is 0.00000208. The van der Waals surface area contributed by atoms with Crippen molar-refractivity contribution in [1.29, 1.82) is 0 Å². The van der Waals surface area contributed by atoms with E-state index in [0.29, 0.717) is 25.4 Å². The van der Waals surface area contributed by atoms with Crippen LogP contribution in [-0.4, -0.2) is 45.3 Å². The molecule has 0 bridgehead atoms. The molecule has 136 valence electrons. The largest absolute Gasteiger partial charge is 0.573 e. The summed E-state index contributed by atoms with van der Waals surface area (Å²) >= 11 is 0. The molecule has 2 saturated heterocycles. The molecule has 10 heteroatoms. The molecule has 0 radical (unpaired) electrons. The lowest BCUT2D eigenvalue weighted by Crippen LogP contribution is -2.43. The summed E-state index contributed by atoms with van der Waals surface area (Å²) in [7, 11) is -4.02. The lowest BCUT2D eigenvalue weighted by atomic mass is 9.90. The number of hydrogen-bond acceptors (Lipinski definition) is 4. The molecule has 2 fully saturated rings. The van der Waals surface area contributed by atoms with E-state index < -0.39 is 27.0 Å². The second-order valence-electron chi connectivity index (χ2n) is 5.82. The molecule has 0 spiro atoms. The summed E-state index contributed by atoms with van der Waals surface area (Å²) in [5.74, 6) is -0.0518. The number of halogens is 4. The number of alkyl halides is 3. The number of para-hydroxylation sites is 1. The maximum Gasteiger partial charge on any atom is 0.573 e. The molecule has 0 aliphatic carbocycles. The minimum atomic E-state index is -4.94. The molecule has 0 amide bonds. The first kappa shape index (κ1) is 19.3. The van der Waals surface area contributed by atoms with Crippen molar-refractivity contribution in [1.82, 2.24) is 9.62 Å². The number of sulfonamides is 1. The molecule has 2 heterocycles. The highest BCUT2D eigenvalue weighted by Gasteiger charge is 2.40. The number of nitrogens with one attached hydrogen (secondary N) is 1. The van der Waals surface area contributed by atoms with Crippen molar-refractivity contribution in [2.75, 3.05) is 26.2 Å². The van der Waals surface area contributed by atoms with Gasteiger partial charge in [-0.3, -0.25) is 0 Å². The summed E-state index contributed by atoms with van der Waals surface area (Å²) in [6.07, 6.45) is -4.23. The summed E-state index contributed by atoms with van der Waals surface area (Å²) in [5.41, 5.74) is 0. The van der Waals surface area contributed by atoms with Crippen LogP contribution in [-0.2, 0) is 10.0 Å². The van der Waals surface area contributed by atoms with Gasteiger partial charge in [-0.15, -0.1) is 25.6 Å². The van der Waals surface area contributed by atoms with Gasteiger partial charge in [0.05, 0.1) is 0 Å². The Morgan fingerprint density at radius 3 is 2.54 bits per heavy atom. The maximum atomic E-state index is 12.7. The fraction of sp³-hybridized carbons (Fsp3) is 0.571. The zero-order valence-electron chi connectivity index (χ0n) is 12.6. The van der Waals surface area contributed by atoms with Crippen LogP contribution in [0.5, 0.6) is 5.75 Å². The van der Waals surface area contributed by atoms with E-state index in [1.807, 2.05) is 0 Å². The van der Waals surface area contributed by atoms with Crippen LogP contribution in [0.4, 0.5) is 13.2 Å². The van der Waals surface area contributed by atoms with Gasteiger partial charge in [-0.2, -0.15) is 4.31 Å². The molecule has 2 aliphatic rings. The van der Waals surface area contributed by atoms with Crippen LogP contribution in [0.25, 0.3) is 0 Å². The van der Waals surface area contributed by atoms with E-state index in [1.165, 1.54) is 16.4 Å². The van der Waals surface area contributed by atoms with E-state index in [4.69, 9.17) is 0 Å². The van der Waals surface area contributed by atoms with E-state index in [-0.39, 0.29) is 18.3 Å². The predicted molar refractivity (Wildman–Crippen MR) is 83.6 cm³/mol. The first-order chi connectivity index (χ1) is 10.8. The number of nitrogens with zero attached hydrogens (tertiary/aromatic N) is 1. The smallest absolute Gasteiger partial charge is 0.404 e. The Morgan fingerprint density at radius 1 is 1.17 bits per heavy atom. The molecule has 1 N–H and O–H groups in total. The van der Waals surface area contributed by atoms with Crippen LogP contribution >= 0.6 is 12.4 Å². The van der Waals surface area contributed by atoms with Crippen molar-refractivity contribution < 1.29 is 26.3 Å². The third-order valence-corrected chi connectivity index (χ3v) is 6.26. The average Bonchev–Trinajstić information content (AvgIpc) is 2.93. The van der Waals surface area contributed by atoms with Gasteiger partial charge in [-0.25, -0.2) is 8.42 Å². The molecule has 1 aromatic rings. The van der Waals surface area contributed by atoms with E-state index in [1.54, 1.807) is 0 Å². The first-order valence-electron chi connectivity index (χ1n) is 7.33. The zero-order valence-corrected chi connectivity index (χ0v) is 14.3. The van der Waals surface area contributed by atoms with Crippen LogP contribution in [0.1, 0.15) is 6.42 Å². The minimum absolute atomic E-state index is 0. The van der Waals surface area contributed by atoms with Crippen LogP contribution in [0.15, 0.2) is 29.2 Å². The van der Waals surface area contributed by atoms with Gasteiger partial charge >= 0.3 is 6.36 Å². The van der Waals surface area contributed by atoms with Crippen LogP contribution in [0.2, 0.25) is 0 Å². The maximum absolute atomic E-state index is 12.7. The number of piperidine rings is 1. The topological polar surface area (TPSA) is 58.6 Å². The fourth-order valence-corrected chi connectivity index (χ4v) is 4.86. The van der Waals surface area contributed by atoms with Gasteiger partial charge in [0, 0.05) is 13.1 Å². The van der Waals surface area contributed by atoms with Crippen molar-refractivity contribution >= 4 is 22.4 Å². The summed E-state index contributed by atoms with van der Waals surface area (Å²) in [6, 6.07) is 4.87. The highest BCUT2D eigenvalue weighted by Crippen LogP contribution is 2.34. The van der Waals surface area contributed by atoms with Crippen molar-refractivity contribution in [3.05, 3.63) is 24.3 Å². The molecule has 2 unspecified atom stereocenters. The summed E-state index contributed by atoms with van der Waals surface area (Å²) < 4.78 is 68.1. The van der Waals surface area contributed by atoms with E-state index in [2.05, 4.69) is 10.1 Å². The average molecular weight is 387 g/mol. The first-order valence-corrected chi connectivity index (χ1v) is 8.77. The molecule has 2 atom stereocenters. The summed E-state index contributed by atoms with van der Waals surface area (Å²) in [4.78, 5) is -0.443. The SMILES string of the molecule is Cl.O=S(=O)(c1ccccc1OC(F)(F)F)N1CCC2CNCC2C1. The van der Waals surface area contributed by atoms with Gasteiger partial charge in [-0.1, -0.05) is 12.1 Å². The molecule has 0 saturated carbocycles. The molecule has 1 aromatic carbocycles. The molecule has 2 aliphatic heterocycles. The Hall–Kier alpha value is -1.03. The van der Waals surface area contributed by atoms with E-state index in [9.17, 15) is 21.6 Å². The Kier molecular flexibility index (Phi) is 5.68. The van der Waals surface area contributed by atoms with Crippen LogP contribution < -0.4 is 10.1 Å². The second kappa shape index (κ2) is 7.07. The number of rotatable bonds is 3. The minimum Gasteiger partial charge on any atom is -0.404 e. The van der Waals surface area contributed by atoms with E-state index >= 15 is 0 Å². The number of fused-ring (bicyclic) bond motifs is 1. The zero-order chi connectivity index (χ0) is 16.7. The van der Waals surface area contributed by atoms with Crippen molar-refractivity contribution in [2.24, 2.45) is 11.8 Å². The third-order valence-electron chi connectivity index (χ3n) is 4.36. The molecular weight excluding hydrogens is 369 g/mol. The highest BCUT2D eigenvalue weighted by molar-refractivity contribution is 7.89. The molecule has 3 rings (SSSR count).